The fourth-order valence-corrected chi connectivity index (χ4v) is 3.49. The number of aliphatic carboxylic acids is 1. The molecule has 0 radical (unpaired) electrons. The molecule has 2 rings (SSSR count). The maximum atomic E-state index is 11.5. The molecule has 108 valence electrons. The van der Waals surface area contributed by atoms with Crippen LogP contribution in [0.2, 0.25) is 0 Å². The minimum atomic E-state index is -0.810. The van der Waals surface area contributed by atoms with Gasteiger partial charge in [-0.05, 0) is 46.7 Å². The largest absolute Gasteiger partial charge is 0.481 e. The highest BCUT2D eigenvalue weighted by atomic mass is 79.9. The number of hydrogen-bond donors (Lipinski definition) is 1. The zero-order valence-electron chi connectivity index (χ0n) is 10.9. The molecule has 1 atom stereocenters. The minimum absolute atomic E-state index is 0.0157. The van der Waals surface area contributed by atoms with Gasteiger partial charge in [-0.3, -0.25) is 14.9 Å². The van der Waals surface area contributed by atoms with Crippen LogP contribution in [-0.2, 0) is 11.2 Å². The van der Waals surface area contributed by atoms with E-state index >= 15 is 0 Å². The van der Waals surface area contributed by atoms with Crippen molar-refractivity contribution in [2.24, 2.45) is 11.8 Å². The number of benzene rings is 1. The number of hydrogen-bond acceptors (Lipinski definition) is 3. The zero-order chi connectivity index (χ0) is 14.7. The summed E-state index contributed by atoms with van der Waals surface area (Å²) in [7, 11) is 0. The molecule has 1 saturated carbocycles. The number of carbonyl (C=O) groups is 1. The fourth-order valence-electron chi connectivity index (χ4n) is 2.92. The molecule has 6 heteroatoms. The van der Waals surface area contributed by atoms with Crippen LogP contribution in [0.3, 0.4) is 0 Å². The van der Waals surface area contributed by atoms with E-state index in [1.165, 1.54) is 6.07 Å². The number of halogens is 1. The molecule has 0 aliphatic heterocycles. The van der Waals surface area contributed by atoms with Gasteiger partial charge < -0.3 is 5.11 Å². The summed E-state index contributed by atoms with van der Waals surface area (Å²) < 4.78 is 0.397. The number of rotatable bonds is 5. The smallest absolute Gasteiger partial charge is 0.307 e. The molecule has 1 aliphatic carbocycles. The lowest BCUT2D eigenvalue weighted by atomic mass is 9.85. The van der Waals surface area contributed by atoms with Gasteiger partial charge in [0.05, 0.1) is 15.3 Å². The second kappa shape index (κ2) is 6.35. The average molecular weight is 342 g/mol. The van der Waals surface area contributed by atoms with Crippen LogP contribution in [0.4, 0.5) is 5.69 Å². The van der Waals surface area contributed by atoms with Crippen molar-refractivity contribution < 1.29 is 14.8 Å². The van der Waals surface area contributed by atoms with Crippen LogP contribution in [0.25, 0.3) is 0 Å². The average Bonchev–Trinajstić information content (AvgIpc) is 2.90. The summed E-state index contributed by atoms with van der Waals surface area (Å²) in [6, 6.07) is 4.77. The molecule has 1 fully saturated rings. The predicted octanol–water partition coefficient (Wildman–Crippen LogP) is 3.79. The van der Waals surface area contributed by atoms with Gasteiger partial charge >= 0.3 is 5.97 Å². The number of nitro benzene ring substituents is 1. The van der Waals surface area contributed by atoms with E-state index in [9.17, 15) is 20.0 Å². The molecule has 0 heterocycles. The molecule has 0 aromatic heterocycles. The first-order valence-electron chi connectivity index (χ1n) is 6.65. The van der Waals surface area contributed by atoms with Crippen molar-refractivity contribution in [3.63, 3.8) is 0 Å². The standard InChI is InChI=1S/C14H16BrNO4/c15-13-10(6-3-7-12(13)16(19)20)8-11(14(17)18)9-4-1-2-5-9/h3,6-7,9,11H,1-2,4-5,8H2,(H,17,18). The molecule has 0 amide bonds. The predicted molar refractivity (Wildman–Crippen MR) is 77.6 cm³/mol. The van der Waals surface area contributed by atoms with E-state index in [2.05, 4.69) is 15.9 Å². The van der Waals surface area contributed by atoms with Gasteiger partial charge in [-0.25, -0.2) is 0 Å². The second-order valence-electron chi connectivity index (χ2n) is 5.20. The van der Waals surface area contributed by atoms with Crippen molar-refractivity contribution in [3.05, 3.63) is 38.3 Å². The molecule has 1 aromatic rings. The Morgan fingerprint density at radius 3 is 2.65 bits per heavy atom. The highest BCUT2D eigenvalue weighted by Crippen LogP contribution is 2.36. The van der Waals surface area contributed by atoms with Crippen LogP contribution in [0.5, 0.6) is 0 Å². The van der Waals surface area contributed by atoms with Gasteiger partial charge in [-0.15, -0.1) is 0 Å². The zero-order valence-corrected chi connectivity index (χ0v) is 12.5. The van der Waals surface area contributed by atoms with Crippen LogP contribution < -0.4 is 0 Å². The van der Waals surface area contributed by atoms with E-state index in [1.54, 1.807) is 12.1 Å². The van der Waals surface area contributed by atoms with Crippen LogP contribution in [0.15, 0.2) is 22.7 Å². The Morgan fingerprint density at radius 1 is 1.45 bits per heavy atom. The Bertz CT molecular complexity index is 526. The monoisotopic (exact) mass is 341 g/mol. The first-order chi connectivity index (χ1) is 9.50. The third kappa shape index (κ3) is 3.17. The number of nitrogens with zero attached hydrogens (tertiary/aromatic N) is 1. The third-order valence-corrected chi connectivity index (χ3v) is 4.90. The molecule has 1 N–H and O–H groups in total. The molecule has 0 bridgehead atoms. The van der Waals surface area contributed by atoms with Crippen LogP contribution in [0.1, 0.15) is 31.2 Å². The fraction of sp³-hybridized carbons (Fsp3) is 0.500. The summed E-state index contributed by atoms with van der Waals surface area (Å²) in [6.07, 6.45) is 4.35. The first kappa shape index (κ1) is 15.0. The lowest BCUT2D eigenvalue weighted by Crippen LogP contribution is -2.24. The van der Waals surface area contributed by atoms with E-state index in [-0.39, 0.29) is 11.6 Å². The lowest BCUT2D eigenvalue weighted by molar-refractivity contribution is -0.385. The van der Waals surface area contributed by atoms with E-state index in [0.717, 1.165) is 25.7 Å². The topological polar surface area (TPSA) is 80.4 Å². The van der Waals surface area contributed by atoms with E-state index in [4.69, 9.17) is 0 Å². The maximum Gasteiger partial charge on any atom is 0.307 e. The third-order valence-electron chi connectivity index (χ3n) is 3.98. The van der Waals surface area contributed by atoms with Gasteiger partial charge in [-0.2, -0.15) is 0 Å². The Morgan fingerprint density at radius 2 is 2.10 bits per heavy atom. The van der Waals surface area contributed by atoms with Crippen molar-refractivity contribution in [2.75, 3.05) is 0 Å². The van der Waals surface area contributed by atoms with Gasteiger partial charge in [0.2, 0.25) is 0 Å². The van der Waals surface area contributed by atoms with E-state index in [1.807, 2.05) is 0 Å². The highest BCUT2D eigenvalue weighted by Gasteiger charge is 2.31. The van der Waals surface area contributed by atoms with Crippen LogP contribution >= 0.6 is 15.9 Å². The lowest BCUT2D eigenvalue weighted by Gasteiger charge is -2.19. The molecule has 0 saturated heterocycles. The van der Waals surface area contributed by atoms with E-state index < -0.39 is 16.8 Å². The molecule has 5 nitrogen and oxygen atoms in total. The SMILES string of the molecule is O=C(O)C(Cc1cccc([N+](=O)[O-])c1Br)C1CCCC1. The molecule has 1 aromatic carbocycles. The van der Waals surface area contributed by atoms with Crippen LogP contribution in [0, 0.1) is 22.0 Å². The Kier molecular flexibility index (Phi) is 4.75. The van der Waals surface area contributed by atoms with Gasteiger partial charge in [0, 0.05) is 6.07 Å². The number of carboxylic acid groups (broad SMARTS) is 1. The quantitative estimate of drug-likeness (QED) is 0.652. The summed E-state index contributed by atoms with van der Waals surface area (Å²) in [6.45, 7) is 0. The first-order valence-corrected chi connectivity index (χ1v) is 7.44. The Hall–Kier alpha value is -1.43. The molecule has 1 aliphatic rings. The summed E-state index contributed by atoms with van der Waals surface area (Å²) in [5.74, 6) is -1.09. The Labute approximate surface area is 125 Å². The molecule has 20 heavy (non-hydrogen) atoms. The molecule has 0 spiro atoms. The van der Waals surface area contributed by atoms with Crippen LogP contribution in [-0.4, -0.2) is 16.0 Å². The van der Waals surface area contributed by atoms with Gasteiger partial charge in [-0.1, -0.05) is 25.0 Å². The number of nitro groups is 1. The second-order valence-corrected chi connectivity index (χ2v) is 5.99. The highest BCUT2D eigenvalue weighted by molar-refractivity contribution is 9.10. The summed E-state index contributed by atoms with van der Waals surface area (Å²) in [4.78, 5) is 21.9. The van der Waals surface area contributed by atoms with Crippen molar-refractivity contribution >= 4 is 27.6 Å². The molecular formula is C14H16BrNO4. The van der Waals surface area contributed by atoms with Crippen molar-refractivity contribution in [3.8, 4) is 0 Å². The maximum absolute atomic E-state index is 11.5. The van der Waals surface area contributed by atoms with Gasteiger partial charge in [0.1, 0.15) is 0 Å². The normalized spacial score (nSPS) is 17.1. The van der Waals surface area contributed by atoms with Crippen molar-refractivity contribution in [1.29, 1.82) is 0 Å². The summed E-state index contributed by atoms with van der Waals surface area (Å²) in [5.41, 5.74) is 0.677. The van der Waals surface area contributed by atoms with E-state index in [0.29, 0.717) is 16.5 Å². The van der Waals surface area contributed by atoms with Crippen molar-refractivity contribution in [1.82, 2.24) is 0 Å². The Balaban J connectivity index is 2.24. The molecule has 1 unspecified atom stereocenters. The minimum Gasteiger partial charge on any atom is -0.481 e. The summed E-state index contributed by atoms with van der Waals surface area (Å²) >= 11 is 3.23. The van der Waals surface area contributed by atoms with Crippen molar-refractivity contribution in [2.45, 2.75) is 32.1 Å². The molecular weight excluding hydrogens is 326 g/mol. The van der Waals surface area contributed by atoms with Gasteiger partial charge in [0.15, 0.2) is 0 Å². The summed E-state index contributed by atoms with van der Waals surface area (Å²) in [5, 5.41) is 20.3. The number of carboxylic acids is 1. The van der Waals surface area contributed by atoms with Gasteiger partial charge in [0.25, 0.3) is 5.69 Å².